The lowest BCUT2D eigenvalue weighted by atomic mass is 10.1. The van der Waals surface area contributed by atoms with Crippen LogP contribution in [0.25, 0.3) is 33.2 Å². The van der Waals surface area contributed by atoms with Crippen molar-refractivity contribution in [2.24, 2.45) is 0 Å². The third-order valence-corrected chi connectivity index (χ3v) is 6.48. The molecule has 160 valence electrons. The van der Waals surface area contributed by atoms with Gasteiger partial charge in [-0.05, 0) is 64.1 Å². The number of fused-ring (bicyclic) bond motifs is 2. The number of nitrogens with one attached hydrogen (secondary N) is 1. The van der Waals surface area contributed by atoms with Crippen molar-refractivity contribution >= 4 is 44.9 Å². The van der Waals surface area contributed by atoms with Gasteiger partial charge in [0, 0.05) is 32.9 Å². The number of benzene rings is 1. The van der Waals surface area contributed by atoms with Crippen molar-refractivity contribution in [1.82, 2.24) is 19.7 Å². The summed E-state index contributed by atoms with van der Waals surface area (Å²) < 4.78 is 1.87. The van der Waals surface area contributed by atoms with Crippen LogP contribution in [0.2, 0.25) is 0 Å². The molecule has 1 amide bonds. The Morgan fingerprint density at radius 3 is 2.69 bits per heavy atom. The molecule has 1 aromatic carbocycles. The minimum absolute atomic E-state index is 0.126. The molecule has 5 aromatic rings. The van der Waals surface area contributed by atoms with Crippen LogP contribution in [0.5, 0.6) is 0 Å². The zero-order valence-corrected chi connectivity index (χ0v) is 19.2. The molecule has 5 rings (SSSR count). The Hall–Kier alpha value is -3.58. The van der Waals surface area contributed by atoms with Crippen molar-refractivity contribution in [3.8, 4) is 11.3 Å². The van der Waals surface area contributed by atoms with Gasteiger partial charge in [0.25, 0.3) is 5.91 Å². The molecule has 0 aliphatic carbocycles. The molecule has 0 aliphatic heterocycles. The molecule has 1 N–H and O–H groups in total. The van der Waals surface area contributed by atoms with E-state index in [9.17, 15) is 4.79 Å². The molecule has 4 heterocycles. The first-order chi connectivity index (χ1) is 15.4. The van der Waals surface area contributed by atoms with Crippen LogP contribution in [0.15, 0.2) is 54.9 Å². The maximum Gasteiger partial charge on any atom is 0.256 e. The molecule has 0 unspecified atom stereocenters. The Labute approximate surface area is 189 Å². The highest BCUT2D eigenvalue weighted by molar-refractivity contribution is 7.12. The first kappa shape index (κ1) is 20.3. The summed E-state index contributed by atoms with van der Waals surface area (Å²) in [6, 6.07) is 13.7. The van der Waals surface area contributed by atoms with Gasteiger partial charge >= 0.3 is 0 Å². The van der Waals surface area contributed by atoms with Gasteiger partial charge in [0.15, 0.2) is 5.65 Å². The van der Waals surface area contributed by atoms with Crippen molar-refractivity contribution in [3.63, 3.8) is 0 Å². The number of aryl methyl sites for hydroxylation is 2. The topological polar surface area (TPSA) is 72.7 Å². The molecule has 0 aliphatic rings. The molecule has 0 saturated heterocycles. The summed E-state index contributed by atoms with van der Waals surface area (Å²) in [6.45, 7) is 8.29. The van der Waals surface area contributed by atoms with E-state index in [1.807, 2.05) is 41.1 Å². The largest absolute Gasteiger partial charge is 0.321 e. The fourth-order valence-corrected chi connectivity index (χ4v) is 4.94. The number of rotatable bonds is 4. The normalized spacial score (nSPS) is 11.5. The molecule has 0 fully saturated rings. The molecule has 0 radical (unpaired) electrons. The summed E-state index contributed by atoms with van der Waals surface area (Å²) in [5.74, 6) is -0.192. The highest BCUT2D eigenvalue weighted by Crippen LogP contribution is 2.33. The van der Waals surface area contributed by atoms with E-state index in [-0.39, 0.29) is 11.9 Å². The Morgan fingerprint density at radius 2 is 1.94 bits per heavy atom. The quantitative estimate of drug-likeness (QED) is 0.363. The number of pyridine rings is 2. The number of carbonyl (C=O) groups excluding carboxylic acids is 1. The Morgan fingerprint density at radius 1 is 1.09 bits per heavy atom. The summed E-state index contributed by atoms with van der Waals surface area (Å²) >= 11 is 1.73. The molecule has 7 heteroatoms. The highest BCUT2D eigenvalue weighted by Gasteiger charge is 2.20. The first-order valence-electron chi connectivity index (χ1n) is 10.5. The van der Waals surface area contributed by atoms with Crippen LogP contribution >= 0.6 is 11.3 Å². The lowest BCUT2D eigenvalue weighted by Crippen LogP contribution is -2.14. The summed E-state index contributed by atoms with van der Waals surface area (Å²) in [7, 11) is 0. The van der Waals surface area contributed by atoms with Crippen molar-refractivity contribution < 1.29 is 4.79 Å². The van der Waals surface area contributed by atoms with Gasteiger partial charge < -0.3 is 5.32 Å². The molecule has 6 nitrogen and oxygen atoms in total. The maximum atomic E-state index is 13.5. The molecule has 4 aromatic heterocycles. The average Bonchev–Trinajstić information content (AvgIpc) is 3.35. The number of hydrogen-bond acceptors (Lipinski definition) is 5. The number of anilines is 1. The van der Waals surface area contributed by atoms with Crippen LogP contribution in [-0.2, 0) is 0 Å². The van der Waals surface area contributed by atoms with E-state index in [0.717, 1.165) is 33.2 Å². The minimum atomic E-state index is -0.192. The summed E-state index contributed by atoms with van der Waals surface area (Å²) in [4.78, 5) is 25.2. The lowest BCUT2D eigenvalue weighted by molar-refractivity contribution is 0.102. The van der Waals surface area contributed by atoms with Gasteiger partial charge in [0.1, 0.15) is 0 Å². The van der Waals surface area contributed by atoms with Crippen LogP contribution in [-0.4, -0.2) is 25.7 Å². The van der Waals surface area contributed by atoms with Crippen molar-refractivity contribution in [2.75, 3.05) is 5.32 Å². The van der Waals surface area contributed by atoms with Gasteiger partial charge in [-0.3, -0.25) is 9.78 Å². The summed E-state index contributed by atoms with van der Waals surface area (Å²) in [6.07, 6.45) is 3.48. The van der Waals surface area contributed by atoms with Crippen molar-refractivity contribution in [3.05, 3.63) is 70.2 Å². The van der Waals surface area contributed by atoms with Crippen LogP contribution in [0.4, 0.5) is 5.69 Å². The van der Waals surface area contributed by atoms with Gasteiger partial charge in [0.2, 0.25) is 0 Å². The maximum absolute atomic E-state index is 13.5. The van der Waals surface area contributed by atoms with E-state index in [2.05, 4.69) is 49.2 Å². The van der Waals surface area contributed by atoms with Crippen molar-refractivity contribution in [1.29, 1.82) is 0 Å². The SMILES string of the molecule is Cc1cc(-c2cc(C(=O)Nc3cccc4ncccc34)c3cnn(C(C)C)c3n2)c(C)s1. The summed E-state index contributed by atoms with van der Waals surface area (Å²) in [5.41, 5.74) is 4.67. The Kier molecular flexibility index (Phi) is 4.98. The first-order valence-corrected chi connectivity index (χ1v) is 11.3. The third kappa shape index (κ3) is 3.44. The fraction of sp³-hybridized carbons (Fsp3) is 0.200. The van der Waals surface area contributed by atoms with Crippen LogP contribution in [0.1, 0.15) is 40.0 Å². The fourth-order valence-electron chi connectivity index (χ4n) is 4.01. The number of nitrogens with zero attached hydrogens (tertiary/aromatic N) is 4. The molecule has 0 atom stereocenters. The van der Waals surface area contributed by atoms with E-state index in [1.54, 1.807) is 23.7 Å². The van der Waals surface area contributed by atoms with Gasteiger partial charge in [-0.25, -0.2) is 9.67 Å². The molecule has 0 saturated carbocycles. The van der Waals surface area contributed by atoms with Crippen LogP contribution in [0.3, 0.4) is 0 Å². The summed E-state index contributed by atoms with van der Waals surface area (Å²) in [5, 5.41) is 9.25. The molecule has 0 spiro atoms. The van der Waals surface area contributed by atoms with Gasteiger partial charge in [-0.1, -0.05) is 6.07 Å². The second-order valence-electron chi connectivity index (χ2n) is 8.13. The third-order valence-electron chi connectivity index (χ3n) is 5.51. The average molecular weight is 442 g/mol. The van der Waals surface area contributed by atoms with E-state index in [4.69, 9.17) is 4.98 Å². The predicted molar refractivity (Wildman–Crippen MR) is 130 cm³/mol. The van der Waals surface area contributed by atoms with E-state index >= 15 is 0 Å². The number of carbonyl (C=O) groups is 1. The van der Waals surface area contributed by atoms with Gasteiger partial charge in [0.05, 0.1) is 34.0 Å². The highest BCUT2D eigenvalue weighted by atomic mass is 32.1. The monoisotopic (exact) mass is 441 g/mol. The smallest absolute Gasteiger partial charge is 0.256 e. The lowest BCUT2D eigenvalue weighted by Gasteiger charge is -2.12. The molecular weight excluding hydrogens is 418 g/mol. The number of amides is 1. The van der Waals surface area contributed by atoms with Crippen molar-refractivity contribution in [2.45, 2.75) is 33.7 Å². The second kappa shape index (κ2) is 7.84. The van der Waals surface area contributed by atoms with E-state index in [1.165, 1.54) is 9.75 Å². The van der Waals surface area contributed by atoms with E-state index in [0.29, 0.717) is 11.2 Å². The molecular formula is C25H23N5OS. The molecule has 0 bridgehead atoms. The minimum Gasteiger partial charge on any atom is -0.321 e. The van der Waals surface area contributed by atoms with Crippen LogP contribution in [0, 0.1) is 13.8 Å². The Bertz CT molecular complexity index is 1480. The van der Waals surface area contributed by atoms with Gasteiger partial charge in [-0.2, -0.15) is 5.10 Å². The molecule has 32 heavy (non-hydrogen) atoms. The standard InChI is InChI=1S/C25H23N5OS/c1-14(2)30-24-20(13-27-30)19(12-23(28-24)18-11-15(3)32-16(18)4)25(31)29-22-9-5-8-21-17(22)7-6-10-26-21/h5-14H,1-4H3,(H,29,31). The number of hydrogen-bond donors (Lipinski definition) is 1. The van der Waals surface area contributed by atoms with Gasteiger partial charge in [-0.15, -0.1) is 11.3 Å². The Balaban J connectivity index is 1.66. The number of aromatic nitrogens is 4. The zero-order chi connectivity index (χ0) is 22.4. The zero-order valence-electron chi connectivity index (χ0n) is 18.4. The number of thiophene rings is 1. The van der Waals surface area contributed by atoms with Crippen LogP contribution < -0.4 is 5.32 Å². The second-order valence-corrected chi connectivity index (χ2v) is 9.59. The van der Waals surface area contributed by atoms with E-state index < -0.39 is 0 Å². The predicted octanol–water partition coefficient (Wildman–Crippen LogP) is 6.16.